The molecule has 82 valence electrons. The minimum atomic E-state index is 0.558. The molecule has 3 aliphatic rings. The van der Waals surface area contributed by atoms with Crippen LogP contribution in [0, 0.1) is 23.2 Å². The Hall–Kier alpha value is -0.790. The molecule has 15 heavy (non-hydrogen) atoms. The number of aromatic nitrogens is 1. The molecule has 0 spiro atoms. The molecule has 3 saturated carbocycles. The molecule has 3 aliphatic carbocycles. The molecule has 1 aromatic rings. The molecule has 0 aromatic carbocycles. The standard InChI is InChI=1S/C13H19NO/c1-8-10(12-14-4-5-15-12)6-9-7-11(8)13(9,2)3/h4-5,8-11H,6-7H2,1-3H3/t8-,9+,10+,11+/m1/s1. The van der Waals surface area contributed by atoms with Gasteiger partial charge in [-0.2, -0.15) is 0 Å². The lowest BCUT2D eigenvalue weighted by molar-refractivity contribution is -0.114. The lowest BCUT2D eigenvalue weighted by Crippen LogP contribution is -2.54. The summed E-state index contributed by atoms with van der Waals surface area (Å²) in [5, 5.41) is 0. The number of hydrogen-bond donors (Lipinski definition) is 0. The highest BCUT2D eigenvalue weighted by Gasteiger charge is 2.57. The molecule has 0 N–H and O–H groups in total. The number of nitrogens with zero attached hydrogens (tertiary/aromatic N) is 1. The van der Waals surface area contributed by atoms with Crippen LogP contribution >= 0.6 is 0 Å². The van der Waals surface area contributed by atoms with Crippen LogP contribution < -0.4 is 0 Å². The van der Waals surface area contributed by atoms with E-state index in [1.54, 1.807) is 12.5 Å². The normalized spacial score (nSPS) is 42.3. The highest BCUT2D eigenvalue weighted by atomic mass is 16.3. The van der Waals surface area contributed by atoms with E-state index >= 15 is 0 Å². The Balaban J connectivity index is 1.86. The lowest BCUT2D eigenvalue weighted by Gasteiger charge is -2.61. The summed E-state index contributed by atoms with van der Waals surface area (Å²) in [7, 11) is 0. The maximum absolute atomic E-state index is 5.47. The molecule has 4 rings (SSSR count). The quantitative estimate of drug-likeness (QED) is 0.701. The maximum Gasteiger partial charge on any atom is 0.197 e. The van der Waals surface area contributed by atoms with E-state index in [1.807, 2.05) is 0 Å². The van der Waals surface area contributed by atoms with Gasteiger partial charge in [-0.15, -0.1) is 0 Å². The van der Waals surface area contributed by atoms with Crippen molar-refractivity contribution in [3.63, 3.8) is 0 Å². The van der Waals surface area contributed by atoms with Crippen molar-refractivity contribution in [3.05, 3.63) is 18.4 Å². The zero-order valence-electron chi connectivity index (χ0n) is 9.73. The molecule has 2 bridgehead atoms. The topological polar surface area (TPSA) is 26.0 Å². The summed E-state index contributed by atoms with van der Waals surface area (Å²) < 4.78 is 5.47. The van der Waals surface area contributed by atoms with Crippen molar-refractivity contribution in [2.75, 3.05) is 0 Å². The van der Waals surface area contributed by atoms with Gasteiger partial charge in [-0.3, -0.25) is 0 Å². The number of hydrogen-bond acceptors (Lipinski definition) is 2. The summed E-state index contributed by atoms with van der Waals surface area (Å²) in [5.41, 5.74) is 0.558. The molecule has 0 aliphatic heterocycles. The van der Waals surface area contributed by atoms with E-state index in [4.69, 9.17) is 4.42 Å². The summed E-state index contributed by atoms with van der Waals surface area (Å²) in [5.74, 6) is 4.01. The fourth-order valence-corrected chi connectivity index (χ4v) is 3.89. The van der Waals surface area contributed by atoms with E-state index in [0.717, 1.165) is 23.6 Å². The highest BCUT2D eigenvalue weighted by Crippen LogP contribution is 2.64. The molecule has 3 fully saturated rings. The molecule has 0 unspecified atom stereocenters. The molecule has 0 saturated heterocycles. The Labute approximate surface area is 91.1 Å². The van der Waals surface area contributed by atoms with Crippen LogP contribution in [0.15, 0.2) is 16.9 Å². The van der Waals surface area contributed by atoms with Crippen molar-refractivity contribution in [2.24, 2.45) is 23.2 Å². The fraction of sp³-hybridized carbons (Fsp3) is 0.769. The smallest absolute Gasteiger partial charge is 0.197 e. The van der Waals surface area contributed by atoms with E-state index in [-0.39, 0.29) is 0 Å². The Bertz CT molecular complexity index is 355. The van der Waals surface area contributed by atoms with Crippen LogP contribution in [0.5, 0.6) is 0 Å². The van der Waals surface area contributed by atoms with Gasteiger partial charge in [0.05, 0.1) is 6.20 Å². The fourth-order valence-electron chi connectivity index (χ4n) is 3.89. The molecule has 1 aromatic heterocycles. The van der Waals surface area contributed by atoms with Gasteiger partial charge in [0.2, 0.25) is 0 Å². The number of oxazole rings is 1. The summed E-state index contributed by atoms with van der Waals surface area (Å²) in [6.07, 6.45) is 6.16. The molecule has 4 atom stereocenters. The van der Waals surface area contributed by atoms with Crippen molar-refractivity contribution in [3.8, 4) is 0 Å². The van der Waals surface area contributed by atoms with Crippen molar-refractivity contribution in [2.45, 2.75) is 39.5 Å². The molecule has 0 amide bonds. The van der Waals surface area contributed by atoms with Gasteiger partial charge < -0.3 is 4.42 Å². The molecular weight excluding hydrogens is 186 g/mol. The van der Waals surface area contributed by atoms with Crippen molar-refractivity contribution in [1.29, 1.82) is 0 Å². The van der Waals surface area contributed by atoms with Gasteiger partial charge in [-0.25, -0.2) is 4.98 Å². The Morgan fingerprint density at radius 2 is 2.20 bits per heavy atom. The number of fused-ring (bicyclic) bond motifs is 2. The van der Waals surface area contributed by atoms with Gasteiger partial charge in [0.25, 0.3) is 0 Å². The van der Waals surface area contributed by atoms with E-state index < -0.39 is 0 Å². The Morgan fingerprint density at radius 1 is 1.40 bits per heavy atom. The molecule has 2 heteroatoms. The average molecular weight is 205 g/mol. The van der Waals surface area contributed by atoms with Gasteiger partial charge in [-0.05, 0) is 36.0 Å². The van der Waals surface area contributed by atoms with E-state index in [2.05, 4.69) is 25.8 Å². The zero-order chi connectivity index (χ0) is 10.6. The second kappa shape index (κ2) is 2.87. The minimum Gasteiger partial charge on any atom is -0.449 e. The van der Waals surface area contributed by atoms with Crippen molar-refractivity contribution >= 4 is 0 Å². The van der Waals surface area contributed by atoms with Gasteiger partial charge in [0.1, 0.15) is 6.26 Å². The van der Waals surface area contributed by atoms with Gasteiger partial charge in [0.15, 0.2) is 5.89 Å². The van der Waals surface area contributed by atoms with Crippen molar-refractivity contribution < 1.29 is 4.42 Å². The molecular formula is C13H19NO. The largest absolute Gasteiger partial charge is 0.449 e. The minimum absolute atomic E-state index is 0.558. The van der Waals surface area contributed by atoms with Crippen LogP contribution in [0.1, 0.15) is 45.4 Å². The predicted molar refractivity (Wildman–Crippen MR) is 58.4 cm³/mol. The molecule has 2 nitrogen and oxygen atoms in total. The maximum atomic E-state index is 5.47. The first kappa shape index (κ1) is 9.44. The van der Waals surface area contributed by atoms with Crippen molar-refractivity contribution in [1.82, 2.24) is 4.98 Å². The van der Waals surface area contributed by atoms with E-state index in [0.29, 0.717) is 11.3 Å². The molecule has 1 heterocycles. The summed E-state index contributed by atoms with van der Waals surface area (Å²) in [6.45, 7) is 7.22. The van der Waals surface area contributed by atoms with Crippen LogP contribution in [0.4, 0.5) is 0 Å². The Morgan fingerprint density at radius 3 is 2.73 bits per heavy atom. The monoisotopic (exact) mass is 205 g/mol. The van der Waals surface area contributed by atoms with Gasteiger partial charge >= 0.3 is 0 Å². The summed E-state index contributed by atoms with van der Waals surface area (Å²) in [6, 6.07) is 0. The zero-order valence-corrected chi connectivity index (χ0v) is 9.73. The third kappa shape index (κ3) is 1.14. The first-order chi connectivity index (χ1) is 7.10. The third-order valence-electron chi connectivity index (χ3n) is 5.12. The predicted octanol–water partition coefficient (Wildman–Crippen LogP) is 3.46. The van der Waals surface area contributed by atoms with Gasteiger partial charge in [0, 0.05) is 5.92 Å². The number of rotatable bonds is 1. The SMILES string of the molecule is C[C@@H]1[C@@H](c2ncco2)C[C@H]2C[C@@H]1C2(C)C. The summed E-state index contributed by atoms with van der Waals surface area (Å²) >= 11 is 0. The van der Waals surface area contributed by atoms with Crippen LogP contribution in [0.3, 0.4) is 0 Å². The lowest BCUT2D eigenvalue weighted by atomic mass is 9.43. The first-order valence-electron chi connectivity index (χ1n) is 6.00. The first-order valence-corrected chi connectivity index (χ1v) is 6.00. The van der Waals surface area contributed by atoms with Gasteiger partial charge in [-0.1, -0.05) is 20.8 Å². The van der Waals surface area contributed by atoms with Crippen LogP contribution in [0.25, 0.3) is 0 Å². The van der Waals surface area contributed by atoms with E-state index in [9.17, 15) is 0 Å². The molecule has 0 radical (unpaired) electrons. The summed E-state index contributed by atoms with van der Waals surface area (Å²) in [4.78, 5) is 4.33. The Kier molecular flexibility index (Phi) is 1.80. The second-order valence-electron chi connectivity index (χ2n) is 5.93. The van der Waals surface area contributed by atoms with Crippen LogP contribution in [0.2, 0.25) is 0 Å². The highest BCUT2D eigenvalue weighted by molar-refractivity contribution is 5.11. The average Bonchev–Trinajstić information content (AvgIpc) is 2.70. The van der Waals surface area contributed by atoms with Crippen LogP contribution in [-0.4, -0.2) is 4.98 Å². The van der Waals surface area contributed by atoms with E-state index in [1.165, 1.54) is 12.8 Å². The van der Waals surface area contributed by atoms with Crippen LogP contribution in [-0.2, 0) is 0 Å². The second-order valence-corrected chi connectivity index (χ2v) is 5.93. The third-order valence-corrected chi connectivity index (χ3v) is 5.12.